The number of nitrogens with one attached hydrogen (secondary N) is 1. The first-order valence-corrected chi connectivity index (χ1v) is 9.44. The van der Waals surface area contributed by atoms with Gasteiger partial charge >= 0.3 is 6.09 Å². The molecule has 1 aromatic heterocycles. The fourth-order valence-electron chi connectivity index (χ4n) is 3.34. The average Bonchev–Trinajstić information content (AvgIpc) is 2.91. The minimum Gasteiger partial charge on any atom is -0.444 e. The van der Waals surface area contributed by atoms with Crippen LogP contribution in [-0.4, -0.2) is 45.9 Å². The molecule has 0 bridgehead atoms. The smallest absolute Gasteiger partial charge is 0.407 e. The largest absolute Gasteiger partial charge is 0.444 e. The van der Waals surface area contributed by atoms with Crippen LogP contribution in [-0.2, 0) is 11.3 Å². The molecule has 2 aliphatic rings. The highest BCUT2D eigenvalue weighted by Gasteiger charge is 2.28. The number of hydrogen-bond acceptors (Lipinski definition) is 6. The summed E-state index contributed by atoms with van der Waals surface area (Å²) in [4.78, 5) is 14.2. The van der Waals surface area contributed by atoms with Gasteiger partial charge in [0.05, 0.1) is 6.54 Å². The van der Waals surface area contributed by atoms with Crippen LogP contribution in [0, 0.1) is 0 Å². The normalized spacial score (nSPS) is 22.4. The predicted molar refractivity (Wildman–Crippen MR) is 93.2 cm³/mol. The Labute approximate surface area is 149 Å². The lowest BCUT2D eigenvalue weighted by molar-refractivity contribution is 0.0488. The number of aromatic nitrogens is 2. The Bertz CT molecular complexity index is 577. The van der Waals surface area contributed by atoms with Crippen LogP contribution >= 0.6 is 0 Å². The molecule has 2 heterocycles. The van der Waals surface area contributed by atoms with Gasteiger partial charge in [0.1, 0.15) is 5.60 Å². The number of carbonyl (C=O) groups is 1. The molecule has 2 fully saturated rings. The summed E-state index contributed by atoms with van der Waals surface area (Å²) in [5, 5.41) is 11.3. The summed E-state index contributed by atoms with van der Waals surface area (Å²) in [6.07, 6.45) is 6.61. The molecule has 0 radical (unpaired) electrons. The number of carbonyl (C=O) groups excluding carboxylic acids is 1. The van der Waals surface area contributed by atoms with Crippen LogP contribution in [0.2, 0.25) is 0 Å². The van der Waals surface area contributed by atoms with Crippen molar-refractivity contribution in [2.45, 2.75) is 83.4 Å². The number of ether oxygens (including phenoxy) is 1. The highest BCUT2D eigenvalue weighted by molar-refractivity contribution is 5.67. The molecular weight excluding hydrogens is 320 g/mol. The topological polar surface area (TPSA) is 80.5 Å². The van der Waals surface area contributed by atoms with Gasteiger partial charge in [-0.15, -0.1) is 10.2 Å². The van der Waals surface area contributed by atoms with Crippen molar-refractivity contribution in [3.05, 3.63) is 11.8 Å². The van der Waals surface area contributed by atoms with E-state index >= 15 is 0 Å². The molecule has 0 spiro atoms. The summed E-state index contributed by atoms with van der Waals surface area (Å²) in [5.41, 5.74) is -0.474. The summed E-state index contributed by atoms with van der Waals surface area (Å²) in [6.45, 7) is 7.83. The van der Waals surface area contributed by atoms with E-state index in [2.05, 4.69) is 20.4 Å². The highest BCUT2D eigenvalue weighted by atomic mass is 16.6. The Kier molecular flexibility index (Phi) is 5.61. The second kappa shape index (κ2) is 7.72. The van der Waals surface area contributed by atoms with Gasteiger partial charge in [0.25, 0.3) is 0 Å². The molecule has 3 rings (SSSR count). The molecule has 1 saturated heterocycles. The van der Waals surface area contributed by atoms with Crippen molar-refractivity contribution in [2.24, 2.45) is 0 Å². The lowest BCUT2D eigenvalue weighted by Crippen LogP contribution is -2.47. The van der Waals surface area contributed by atoms with E-state index in [1.165, 1.54) is 12.8 Å². The Hall–Kier alpha value is -1.63. The van der Waals surface area contributed by atoms with Gasteiger partial charge < -0.3 is 14.5 Å². The highest BCUT2D eigenvalue weighted by Crippen LogP contribution is 2.35. The zero-order chi connectivity index (χ0) is 17.9. The fraction of sp³-hybridized carbons (Fsp3) is 0.833. The first-order chi connectivity index (χ1) is 11.9. The number of alkyl carbamates (subject to hydrolysis) is 1. The van der Waals surface area contributed by atoms with E-state index in [-0.39, 0.29) is 12.1 Å². The third-order valence-corrected chi connectivity index (χ3v) is 4.91. The third kappa shape index (κ3) is 5.17. The van der Waals surface area contributed by atoms with Crippen LogP contribution in [0.3, 0.4) is 0 Å². The zero-order valence-corrected chi connectivity index (χ0v) is 15.6. The lowest BCUT2D eigenvalue weighted by atomic mass is 9.85. The number of nitrogens with zero attached hydrogens (tertiary/aromatic N) is 3. The van der Waals surface area contributed by atoms with E-state index in [0.717, 1.165) is 38.1 Å². The van der Waals surface area contributed by atoms with Crippen molar-refractivity contribution in [1.82, 2.24) is 20.4 Å². The minimum absolute atomic E-state index is 0.278. The predicted octanol–water partition coefficient (Wildman–Crippen LogP) is 3.22. The van der Waals surface area contributed by atoms with Crippen molar-refractivity contribution in [1.29, 1.82) is 0 Å². The molecule has 1 aliphatic carbocycles. The van der Waals surface area contributed by atoms with Crippen LogP contribution in [0.1, 0.15) is 77.0 Å². The van der Waals surface area contributed by atoms with Gasteiger partial charge in [0.2, 0.25) is 11.8 Å². The standard InChI is InChI=1S/C18H30N4O3/c1-18(2,3)25-17(23)19-11-14-9-4-5-10-22(14)12-15-20-21-16(24-15)13-7-6-8-13/h13-14H,4-12H2,1-3H3,(H,19,23). The van der Waals surface area contributed by atoms with Crippen LogP contribution in [0.5, 0.6) is 0 Å². The first kappa shape index (κ1) is 18.2. The minimum atomic E-state index is -0.474. The monoisotopic (exact) mass is 350 g/mol. The molecule has 1 atom stereocenters. The number of amides is 1. The maximum Gasteiger partial charge on any atom is 0.407 e. The quantitative estimate of drug-likeness (QED) is 0.878. The van der Waals surface area contributed by atoms with Crippen LogP contribution < -0.4 is 5.32 Å². The van der Waals surface area contributed by atoms with Crippen LogP contribution in [0.4, 0.5) is 4.79 Å². The molecule has 7 heteroatoms. The maximum atomic E-state index is 11.9. The summed E-state index contributed by atoms with van der Waals surface area (Å²) in [6, 6.07) is 0.278. The molecule has 1 unspecified atom stereocenters. The van der Waals surface area contributed by atoms with Gasteiger partial charge in [0.15, 0.2) is 0 Å². The van der Waals surface area contributed by atoms with E-state index < -0.39 is 5.60 Å². The molecule has 7 nitrogen and oxygen atoms in total. The molecule has 1 saturated carbocycles. The van der Waals surface area contributed by atoms with Gasteiger partial charge in [0, 0.05) is 18.5 Å². The van der Waals surface area contributed by atoms with Crippen molar-refractivity contribution >= 4 is 6.09 Å². The number of rotatable bonds is 5. The van der Waals surface area contributed by atoms with Crippen LogP contribution in [0.25, 0.3) is 0 Å². The molecule has 1 aromatic rings. The van der Waals surface area contributed by atoms with Crippen molar-refractivity contribution in [3.8, 4) is 0 Å². The second-order valence-electron chi connectivity index (χ2n) is 8.16. The van der Waals surface area contributed by atoms with Gasteiger partial charge in [-0.3, -0.25) is 4.90 Å². The van der Waals surface area contributed by atoms with E-state index in [4.69, 9.17) is 9.15 Å². The summed E-state index contributed by atoms with van der Waals surface area (Å²) in [5.74, 6) is 1.94. The molecule has 25 heavy (non-hydrogen) atoms. The van der Waals surface area contributed by atoms with Gasteiger partial charge in [-0.2, -0.15) is 0 Å². The number of likely N-dealkylation sites (tertiary alicyclic amines) is 1. The molecule has 0 aromatic carbocycles. The van der Waals surface area contributed by atoms with E-state index in [0.29, 0.717) is 24.9 Å². The molecular formula is C18H30N4O3. The lowest BCUT2D eigenvalue weighted by Gasteiger charge is -2.35. The van der Waals surface area contributed by atoms with Crippen molar-refractivity contribution in [2.75, 3.05) is 13.1 Å². The van der Waals surface area contributed by atoms with Crippen LogP contribution in [0.15, 0.2) is 4.42 Å². The van der Waals surface area contributed by atoms with E-state index in [9.17, 15) is 4.79 Å². The Morgan fingerprint density at radius 3 is 2.72 bits per heavy atom. The average molecular weight is 350 g/mol. The molecule has 1 aliphatic heterocycles. The number of piperidine rings is 1. The van der Waals surface area contributed by atoms with Gasteiger partial charge in [-0.05, 0) is 53.0 Å². The van der Waals surface area contributed by atoms with E-state index in [1.807, 2.05) is 20.8 Å². The van der Waals surface area contributed by atoms with Gasteiger partial charge in [-0.1, -0.05) is 12.8 Å². The Morgan fingerprint density at radius 2 is 2.04 bits per heavy atom. The summed E-state index contributed by atoms with van der Waals surface area (Å²) in [7, 11) is 0. The molecule has 1 N–H and O–H groups in total. The SMILES string of the molecule is CC(C)(C)OC(=O)NCC1CCCCN1Cc1nnc(C2CCC2)o1. The summed E-state index contributed by atoms with van der Waals surface area (Å²) >= 11 is 0. The number of hydrogen-bond donors (Lipinski definition) is 1. The van der Waals surface area contributed by atoms with E-state index in [1.54, 1.807) is 0 Å². The fourth-order valence-corrected chi connectivity index (χ4v) is 3.34. The zero-order valence-electron chi connectivity index (χ0n) is 15.6. The Morgan fingerprint density at radius 1 is 1.24 bits per heavy atom. The summed E-state index contributed by atoms with van der Waals surface area (Å²) < 4.78 is 11.2. The molecule has 140 valence electrons. The van der Waals surface area contributed by atoms with Crippen molar-refractivity contribution in [3.63, 3.8) is 0 Å². The Balaban J connectivity index is 1.51. The maximum absolute atomic E-state index is 11.9. The van der Waals surface area contributed by atoms with Gasteiger partial charge in [-0.25, -0.2) is 4.79 Å². The second-order valence-corrected chi connectivity index (χ2v) is 8.16. The third-order valence-electron chi connectivity index (χ3n) is 4.91. The first-order valence-electron chi connectivity index (χ1n) is 9.44. The van der Waals surface area contributed by atoms with Crippen molar-refractivity contribution < 1.29 is 13.9 Å². The molecule has 1 amide bonds.